The number of aliphatic hydroxyl groups is 1. The van der Waals surface area contributed by atoms with Crippen LogP contribution < -0.4 is 5.32 Å². The van der Waals surface area contributed by atoms with Crippen molar-refractivity contribution in [1.29, 1.82) is 0 Å². The Morgan fingerprint density at radius 2 is 2.00 bits per heavy atom. The third-order valence-electron chi connectivity index (χ3n) is 4.34. The minimum absolute atomic E-state index is 0.0875. The van der Waals surface area contributed by atoms with Gasteiger partial charge in [0.2, 0.25) is 0 Å². The topological polar surface area (TPSA) is 50.1 Å². The molecule has 0 radical (unpaired) electrons. The van der Waals surface area contributed by atoms with Gasteiger partial charge in [0.15, 0.2) is 0 Å². The van der Waals surface area contributed by atoms with Crippen molar-refractivity contribution in [2.24, 2.45) is 7.05 Å². The maximum atomic E-state index is 9.25. The van der Waals surface area contributed by atoms with Gasteiger partial charge in [0.05, 0.1) is 12.3 Å². The van der Waals surface area contributed by atoms with E-state index in [1.807, 2.05) is 23.9 Å². The Hall–Kier alpha value is -1.65. The van der Waals surface area contributed by atoms with Gasteiger partial charge >= 0.3 is 0 Å². The summed E-state index contributed by atoms with van der Waals surface area (Å²) < 4.78 is 1.95. The first-order valence-corrected chi connectivity index (χ1v) is 7.87. The predicted octanol–water partition coefficient (Wildman–Crippen LogP) is 2.81. The van der Waals surface area contributed by atoms with Crippen molar-refractivity contribution in [2.75, 3.05) is 0 Å². The second kappa shape index (κ2) is 7.07. The van der Waals surface area contributed by atoms with Crippen LogP contribution in [0, 0.1) is 13.8 Å². The Bertz CT molecular complexity index is 633. The number of rotatable bonds is 6. The molecule has 4 heteroatoms. The highest BCUT2D eigenvalue weighted by atomic mass is 16.3. The Balaban J connectivity index is 2.03. The maximum Gasteiger partial charge on any atom is 0.0681 e. The van der Waals surface area contributed by atoms with Crippen molar-refractivity contribution in [3.63, 3.8) is 0 Å². The molecule has 4 nitrogen and oxygen atoms in total. The van der Waals surface area contributed by atoms with Crippen molar-refractivity contribution in [2.45, 2.75) is 52.8 Å². The molecule has 2 rings (SSSR count). The normalized spacial score (nSPS) is 14.1. The molecule has 2 unspecified atom stereocenters. The van der Waals surface area contributed by atoms with Gasteiger partial charge in [0, 0.05) is 24.8 Å². The Morgan fingerprint density at radius 3 is 2.59 bits per heavy atom. The van der Waals surface area contributed by atoms with Crippen LogP contribution in [0.5, 0.6) is 0 Å². The first-order chi connectivity index (χ1) is 10.4. The summed E-state index contributed by atoms with van der Waals surface area (Å²) in [7, 11) is 1.99. The number of aliphatic hydroxyl groups excluding tert-OH is 1. The monoisotopic (exact) mass is 301 g/mol. The number of aromatic nitrogens is 2. The second-order valence-corrected chi connectivity index (χ2v) is 6.17. The van der Waals surface area contributed by atoms with Crippen LogP contribution in [-0.2, 0) is 20.1 Å². The fourth-order valence-electron chi connectivity index (χ4n) is 2.96. The van der Waals surface area contributed by atoms with E-state index in [0.717, 1.165) is 17.7 Å². The average Bonchev–Trinajstić information content (AvgIpc) is 2.73. The predicted molar refractivity (Wildman–Crippen MR) is 89.8 cm³/mol. The fraction of sp³-hybridized carbons (Fsp3) is 0.500. The molecular weight excluding hydrogens is 274 g/mol. The molecule has 0 bridgehead atoms. The quantitative estimate of drug-likeness (QED) is 0.862. The summed E-state index contributed by atoms with van der Waals surface area (Å²) in [6.07, 6.45) is 0.968. The number of hydrogen-bond acceptors (Lipinski definition) is 3. The third kappa shape index (κ3) is 3.76. The molecule has 0 spiro atoms. The van der Waals surface area contributed by atoms with Crippen molar-refractivity contribution >= 4 is 0 Å². The van der Waals surface area contributed by atoms with Crippen LogP contribution >= 0.6 is 0 Å². The van der Waals surface area contributed by atoms with Crippen LogP contribution in [0.25, 0.3) is 0 Å². The van der Waals surface area contributed by atoms with E-state index in [4.69, 9.17) is 0 Å². The van der Waals surface area contributed by atoms with Crippen molar-refractivity contribution in [1.82, 2.24) is 15.1 Å². The van der Waals surface area contributed by atoms with Gasteiger partial charge in [-0.15, -0.1) is 0 Å². The molecule has 1 aromatic carbocycles. The van der Waals surface area contributed by atoms with Crippen LogP contribution in [0.2, 0.25) is 0 Å². The highest BCUT2D eigenvalue weighted by Crippen LogP contribution is 2.18. The van der Waals surface area contributed by atoms with Gasteiger partial charge in [-0.25, -0.2) is 0 Å². The lowest BCUT2D eigenvalue weighted by Crippen LogP contribution is -2.31. The van der Waals surface area contributed by atoms with Gasteiger partial charge < -0.3 is 10.4 Å². The zero-order valence-electron chi connectivity index (χ0n) is 14.2. The van der Waals surface area contributed by atoms with E-state index < -0.39 is 0 Å². The van der Waals surface area contributed by atoms with Gasteiger partial charge in [-0.05, 0) is 50.8 Å². The van der Waals surface area contributed by atoms with Gasteiger partial charge in [-0.1, -0.05) is 24.3 Å². The van der Waals surface area contributed by atoms with Crippen LogP contribution in [-0.4, -0.2) is 20.9 Å². The summed E-state index contributed by atoms with van der Waals surface area (Å²) in [6.45, 7) is 8.65. The van der Waals surface area contributed by atoms with Gasteiger partial charge in [-0.3, -0.25) is 4.68 Å². The minimum atomic E-state index is 0.0875. The first-order valence-electron chi connectivity index (χ1n) is 7.87. The highest BCUT2D eigenvalue weighted by molar-refractivity contribution is 5.27. The molecule has 0 amide bonds. The van der Waals surface area contributed by atoms with Crippen molar-refractivity contribution < 1.29 is 5.11 Å². The lowest BCUT2D eigenvalue weighted by molar-refractivity contribution is 0.281. The smallest absolute Gasteiger partial charge is 0.0681 e. The molecule has 2 atom stereocenters. The molecule has 0 aliphatic heterocycles. The van der Waals surface area contributed by atoms with Gasteiger partial charge in [-0.2, -0.15) is 5.10 Å². The Morgan fingerprint density at radius 1 is 1.27 bits per heavy atom. The molecule has 2 N–H and O–H groups in total. The van der Waals surface area contributed by atoms with Crippen molar-refractivity contribution in [3.05, 3.63) is 52.3 Å². The summed E-state index contributed by atoms with van der Waals surface area (Å²) in [4.78, 5) is 0. The van der Waals surface area contributed by atoms with Crippen LogP contribution in [0.15, 0.2) is 24.3 Å². The minimum Gasteiger partial charge on any atom is -0.392 e. The Labute approximate surface area is 133 Å². The molecule has 120 valence electrons. The standard InChI is InChI=1S/C18H27N3O/c1-12(9-18-14(3)20-21(5)15(18)4)19-13(2)17-8-6-7-16(10-17)11-22/h6-8,10,12-13,19,22H,9,11H2,1-5H3. The highest BCUT2D eigenvalue weighted by Gasteiger charge is 2.15. The molecule has 2 aromatic rings. The van der Waals surface area contributed by atoms with E-state index in [1.165, 1.54) is 16.8 Å². The molecular formula is C18H27N3O. The number of nitrogens with zero attached hydrogens (tertiary/aromatic N) is 2. The molecule has 1 heterocycles. The van der Waals surface area contributed by atoms with E-state index in [0.29, 0.717) is 6.04 Å². The largest absolute Gasteiger partial charge is 0.392 e. The summed E-state index contributed by atoms with van der Waals surface area (Å²) in [6, 6.07) is 8.71. The van der Waals surface area contributed by atoms with Crippen molar-refractivity contribution in [3.8, 4) is 0 Å². The SMILES string of the molecule is Cc1nn(C)c(C)c1CC(C)NC(C)c1cccc(CO)c1. The van der Waals surface area contributed by atoms with E-state index >= 15 is 0 Å². The first kappa shape index (κ1) is 16.7. The zero-order valence-corrected chi connectivity index (χ0v) is 14.2. The summed E-state index contributed by atoms with van der Waals surface area (Å²) in [5.74, 6) is 0. The van der Waals surface area contributed by atoms with Gasteiger partial charge in [0.25, 0.3) is 0 Å². The van der Waals surface area contributed by atoms with E-state index in [1.54, 1.807) is 0 Å². The number of benzene rings is 1. The zero-order chi connectivity index (χ0) is 16.3. The second-order valence-electron chi connectivity index (χ2n) is 6.17. The molecule has 0 aliphatic carbocycles. The average molecular weight is 301 g/mol. The molecule has 0 saturated heterocycles. The number of hydrogen-bond donors (Lipinski definition) is 2. The number of nitrogens with one attached hydrogen (secondary N) is 1. The van der Waals surface area contributed by atoms with E-state index in [9.17, 15) is 5.11 Å². The van der Waals surface area contributed by atoms with E-state index in [-0.39, 0.29) is 12.6 Å². The number of aryl methyl sites for hydroxylation is 2. The van der Waals surface area contributed by atoms with Gasteiger partial charge in [0.1, 0.15) is 0 Å². The molecule has 22 heavy (non-hydrogen) atoms. The summed E-state index contributed by atoms with van der Waals surface area (Å²) >= 11 is 0. The lowest BCUT2D eigenvalue weighted by atomic mass is 10.0. The lowest BCUT2D eigenvalue weighted by Gasteiger charge is -2.21. The van der Waals surface area contributed by atoms with Crippen LogP contribution in [0.4, 0.5) is 0 Å². The fourth-order valence-corrected chi connectivity index (χ4v) is 2.96. The Kier molecular flexibility index (Phi) is 5.37. The molecule has 0 saturated carbocycles. The molecule has 1 aromatic heterocycles. The maximum absolute atomic E-state index is 9.25. The third-order valence-corrected chi connectivity index (χ3v) is 4.34. The van der Waals surface area contributed by atoms with Crippen LogP contribution in [0.3, 0.4) is 0 Å². The van der Waals surface area contributed by atoms with E-state index in [2.05, 4.69) is 50.2 Å². The molecule has 0 fully saturated rings. The summed E-state index contributed by atoms with van der Waals surface area (Å²) in [5, 5.41) is 17.4. The molecule has 0 aliphatic rings. The van der Waals surface area contributed by atoms with Crippen LogP contribution in [0.1, 0.15) is 48.0 Å². The summed E-state index contributed by atoms with van der Waals surface area (Å²) in [5.41, 5.74) is 5.85.